The molecule has 170 valence electrons. The third-order valence-electron chi connectivity index (χ3n) is 5.13. The molecule has 0 saturated heterocycles. The highest BCUT2D eigenvalue weighted by atomic mass is 32.2. The topological polar surface area (TPSA) is 119 Å². The lowest BCUT2D eigenvalue weighted by Gasteiger charge is -2.18. The molecular formula is C23H32N2O5S. The Kier molecular flexibility index (Phi) is 9.03. The Labute approximate surface area is 184 Å². The van der Waals surface area contributed by atoms with Crippen molar-refractivity contribution in [2.45, 2.75) is 49.4 Å². The predicted molar refractivity (Wildman–Crippen MR) is 121 cm³/mol. The Morgan fingerprint density at radius 1 is 1.16 bits per heavy atom. The summed E-state index contributed by atoms with van der Waals surface area (Å²) in [6.45, 7) is 4.01. The summed E-state index contributed by atoms with van der Waals surface area (Å²) in [5.74, 6) is 0.128. The Hall–Kier alpha value is -2.42. The van der Waals surface area contributed by atoms with E-state index in [-0.39, 0.29) is 22.6 Å². The van der Waals surface area contributed by atoms with Gasteiger partial charge in [0.25, 0.3) is 0 Å². The van der Waals surface area contributed by atoms with Crippen molar-refractivity contribution in [3.8, 4) is 5.75 Å². The van der Waals surface area contributed by atoms with E-state index in [1.807, 2.05) is 18.2 Å². The number of aliphatic hydroxyl groups is 1. The normalized spacial score (nSPS) is 12.7. The summed E-state index contributed by atoms with van der Waals surface area (Å²) in [6.07, 6.45) is 1.77. The number of aryl methyl sites for hydroxylation is 1. The average molecular weight is 449 g/mol. The summed E-state index contributed by atoms with van der Waals surface area (Å²) in [4.78, 5) is 11.4. The van der Waals surface area contributed by atoms with E-state index in [1.54, 1.807) is 21.0 Å². The molecule has 8 heteroatoms. The maximum Gasteiger partial charge on any atom is 0.248 e. The lowest BCUT2D eigenvalue weighted by molar-refractivity contribution is 0.0999. The third kappa shape index (κ3) is 6.78. The first-order valence-electron chi connectivity index (χ1n) is 10.4. The van der Waals surface area contributed by atoms with Crippen molar-refractivity contribution in [3.63, 3.8) is 0 Å². The molecule has 0 aliphatic rings. The first-order valence-corrected chi connectivity index (χ1v) is 11.9. The van der Waals surface area contributed by atoms with E-state index >= 15 is 0 Å². The fourth-order valence-corrected chi connectivity index (χ4v) is 4.55. The predicted octanol–water partition coefficient (Wildman–Crippen LogP) is 2.62. The lowest BCUT2D eigenvalue weighted by atomic mass is 10.1. The van der Waals surface area contributed by atoms with Crippen LogP contribution in [0.4, 0.5) is 0 Å². The van der Waals surface area contributed by atoms with Crippen molar-refractivity contribution in [1.82, 2.24) is 5.32 Å². The zero-order valence-electron chi connectivity index (χ0n) is 18.3. The molecule has 0 saturated carbocycles. The number of nitrogens with one attached hydrogen (secondary N) is 1. The highest BCUT2D eigenvalue weighted by Crippen LogP contribution is 2.27. The molecule has 0 heterocycles. The highest BCUT2D eigenvalue weighted by molar-refractivity contribution is 7.92. The largest absolute Gasteiger partial charge is 0.497 e. The minimum absolute atomic E-state index is 0.0499. The van der Waals surface area contributed by atoms with Gasteiger partial charge < -0.3 is 20.9 Å². The number of methoxy groups -OCH3 is 1. The molecule has 0 bridgehead atoms. The summed E-state index contributed by atoms with van der Waals surface area (Å²) < 4.78 is 30.7. The number of amides is 1. The number of aliphatic hydroxyl groups excluding tert-OH is 1. The van der Waals surface area contributed by atoms with Gasteiger partial charge in [-0.05, 0) is 69.5 Å². The highest BCUT2D eigenvalue weighted by Gasteiger charge is 2.26. The fraction of sp³-hybridized carbons (Fsp3) is 0.435. The van der Waals surface area contributed by atoms with Gasteiger partial charge in [0.15, 0.2) is 9.84 Å². The molecule has 0 aromatic heterocycles. The van der Waals surface area contributed by atoms with Crippen LogP contribution >= 0.6 is 0 Å². The van der Waals surface area contributed by atoms with Gasteiger partial charge in [-0.15, -0.1) is 0 Å². The SMILES string of the molecule is COc1cccc(CCCCNCC(O)c2ccc(C(N)=O)cc2S(=O)(=O)C(C)C)c1. The minimum atomic E-state index is -3.69. The molecule has 1 amide bonds. The molecular weight excluding hydrogens is 416 g/mol. The van der Waals surface area contributed by atoms with Crippen LogP contribution < -0.4 is 15.8 Å². The Balaban J connectivity index is 1.94. The zero-order chi connectivity index (χ0) is 23.0. The maximum atomic E-state index is 12.7. The number of benzene rings is 2. The molecule has 0 aliphatic carbocycles. The molecule has 0 aliphatic heterocycles. The van der Waals surface area contributed by atoms with E-state index < -0.39 is 27.1 Å². The van der Waals surface area contributed by atoms with Crippen LogP contribution in [0.2, 0.25) is 0 Å². The number of primary amides is 1. The van der Waals surface area contributed by atoms with Gasteiger partial charge >= 0.3 is 0 Å². The summed E-state index contributed by atoms with van der Waals surface area (Å²) in [6, 6.07) is 12.1. The smallest absolute Gasteiger partial charge is 0.248 e. The number of carbonyl (C=O) groups excluding carboxylic acids is 1. The van der Waals surface area contributed by atoms with E-state index in [2.05, 4.69) is 11.4 Å². The molecule has 4 N–H and O–H groups in total. The number of nitrogens with two attached hydrogens (primary N) is 1. The summed E-state index contributed by atoms with van der Waals surface area (Å²) in [5.41, 5.74) is 6.87. The second-order valence-corrected chi connectivity index (χ2v) is 10.2. The first kappa shape index (κ1) is 24.8. The van der Waals surface area contributed by atoms with Crippen molar-refractivity contribution in [1.29, 1.82) is 0 Å². The molecule has 0 fully saturated rings. The zero-order valence-corrected chi connectivity index (χ0v) is 19.1. The van der Waals surface area contributed by atoms with Crippen molar-refractivity contribution in [3.05, 3.63) is 59.2 Å². The van der Waals surface area contributed by atoms with E-state index in [4.69, 9.17) is 10.5 Å². The van der Waals surface area contributed by atoms with Crippen molar-refractivity contribution in [2.24, 2.45) is 5.73 Å². The van der Waals surface area contributed by atoms with Gasteiger partial charge in [0, 0.05) is 17.7 Å². The molecule has 2 aromatic carbocycles. The molecule has 2 rings (SSSR count). The second kappa shape index (κ2) is 11.3. The van der Waals surface area contributed by atoms with Crippen molar-refractivity contribution in [2.75, 3.05) is 20.2 Å². The molecule has 2 aromatic rings. The number of ether oxygens (including phenoxy) is 1. The number of sulfone groups is 1. The average Bonchev–Trinajstić information content (AvgIpc) is 2.75. The molecule has 31 heavy (non-hydrogen) atoms. The van der Waals surface area contributed by atoms with E-state index in [9.17, 15) is 18.3 Å². The van der Waals surface area contributed by atoms with Crippen LogP contribution in [-0.2, 0) is 16.3 Å². The van der Waals surface area contributed by atoms with E-state index in [1.165, 1.54) is 23.8 Å². The quantitative estimate of drug-likeness (QED) is 0.430. The Morgan fingerprint density at radius 2 is 1.90 bits per heavy atom. The lowest BCUT2D eigenvalue weighted by Crippen LogP contribution is -2.25. The van der Waals surface area contributed by atoms with Crippen LogP contribution in [0.15, 0.2) is 47.4 Å². The van der Waals surface area contributed by atoms with Gasteiger partial charge in [0.1, 0.15) is 5.75 Å². The van der Waals surface area contributed by atoms with Crippen LogP contribution in [0.3, 0.4) is 0 Å². The van der Waals surface area contributed by atoms with Gasteiger partial charge in [-0.3, -0.25) is 4.79 Å². The number of hydrogen-bond acceptors (Lipinski definition) is 6. The summed E-state index contributed by atoms with van der Waals surface area (Å²) in [7, 11) is -2.04. The standard InChI is InChI=1S/C23H32N2O5S/c1-16(2)31(28,29)22-14-18(23(24)27)10-11-20(22)21(26)15-25-12-5-4-7-17-8-6-9-19(13-17)30-3/h6,8-11,13-14,16,21,25-26H,4-5,7,12,15H2,1-3H3,(H2,24,27). The summed E-state index contributed by atoms with van der Waals surface area (Å²) >= 11 is 0. The molecule has 1 atom stereocenters. The van der Waals surface area contributed by atoms with Crippen LogP contribution in [0, 0.1) is 0 Å². The van der Waals surface area contributed by atoms with Crippen LogP contribution in [0.5, 0.6) is 5.75 Å². The van der Waals surface area contributed by atoms with Crippen LogP contribution in [-0.4, -0.2) is 44.9 Å². The Morgan fingerprint density at radius 3 is 2.55 bits per heavy atom. The maximum absolute atomic E-state index is 12.7. The van der Waals surface area contributed by atoms with Crippen LogP contribution in [0.1, 0.15) is 54.3 Å². The van der Waals surface area contributed by atoms with Crippen molar-refractivity contribution >= 4 is 15.7 Å². The van der Waals surface area contributed by atoms with Gasteiger partial charge in [-0.25, -0.2) is 8.42 Å². The Bertz CT molecular complexity index is 989. The number of unbranched alkanes of at least 4 members (excludes halogenated alkanes) is 1. The molecule has 7 nitrogen and oxygen atoms in total. The van der Waals surface area contributed by atoms with Gasteiger partial charge in [0.2, 0.25) is 5.91 Å². The fourth-order valence-electron chi connectivity index (χ4n) is 3.22. The van der Waals surface area contributed by atoms with E-state index in [0.29, 0.717) is 6.54 Å². The minimum Gasteiger partial charge on any atom is -0.497 e. The van der Waals surface area contributed by atoms with Crippen molar-refractivity contribution < 1.29 is 23.1 Å². The molecule has 0 radical (unpaired) electrons. The van der Waals surface area contributed by atoms with Gasteiger partial charge in [-0.1, -0.05) is 18.2 Å². The monoisotopic (exact) mass is 448 g/mol. The van der Waals surface area contributed by atoms with Gasteiger partial charge in [0.05, 0.1) is 23.4 Å². The van der Waals surface area contributed by atoms with Crippen LogP contribution in [0.25, 0.3) is 0 Å². The third-order valence-corrected chi connectivity index (χ3v) is 7.33. The molecule has 1 unspecified atom stereocenters. The number of hydrogen-bond donors (Lipinski definition) is 3. The first-order chi connectivity index (χ1) is 14.7. The summed E-state index contributed by atoms with van der Waals surface area (Å²) in [5, 5.41) is 13.1. The van der Waals surface area contributed by atoms with E-state index in [0.717, 1.165) is 25.0 Å². The molecule has 0 spiro atoms. The second-order valence-electron chi connectivity index (χ2n) is 7.74. The number of carbonyl (C=O) groups is 1. The number of rotatable bonds is 12. The van der Waals surface area contributed by atoms with Gasteiger partial charge in [-0.2, -0.15) is 0 Å².